The zero-order valence-electron chi connectivity index (χ0n) is 13.5. The van der Waals surface area contributed by atoms with Gasteiger partial charge < -0.3 is 15.5 Å². The van der Waals surface area contributed by atoms with Crippen molar-refractivity contribution in [1.29, 1.82) is 0 Å². The number of hydrogen-bond donors (Lipinski definition) is 2. The van der Waals surface area contributed by atoms with Gasteiger partial charge in [-0.2, -0.15) is 0 Å². The Hall–Kier alpha value is -1.88. The molecule has 0 radical (unpaired) electrons. The third-order valence-corrected chi connectivity index (χ3v) is 4.72. The number of nitrogens with zero attached hydrogens (tertiary/aromatic N) is 1. The standard InChI is InChI=1S/C18H25N3O2/c22-17-13-15(14-7-2-3-8-16(14)20-17)18(23)19-9-6-12-21-10-4-1-5-11-21/h2-3,7-8,15H,1,4-6,9-13H2,(H,19,23)(H,20,22). The van der Waals surface area contributed by atoms with Gasteiger partial charge in [0, 0.05) is 18.7 Å². The summed E-state index contributed by atoms with van der Waals surface area (Å²) in [5.41, 5.74) is 1.68. The lowest BCUT2D eigenvalue weighted by Crippen LogP contribution is -2.37. The average molecular weight is 315 g/mol. The van der Waals surface area contributed by atoms with Gasteiger partial charge in [0.1, 0.15) is 0 Å². The van der Waals surface area contributed by atoms with Crippen LogP contribution in [0.25, 0.3) is 0 Å². The third-order valence-electron chi connectivity index (χ3n) is 4.72. The number of anilines is 1. The van der Waals surface area contributed by atoms with E-state index < -0.39 is 0 Å². The van der Waals surface area contributed by atoms with Crippen LogP contribution in [0.1, 0.15) is 43.6 Å². The molecule has 124 valence electrons. The monoisotopic (exact) mass is 315 g/mol. The van der Waals surface area contributed by atoms with E-state index >= 15 is 0 Å². The van der Waals surface area contributed by atoms with Crippen molar-refractivity contribution in [3.05, 3.63) is 29.8 Å². The molecule has 1 aromatic carbocycles. The van der Waals surface area contributed by atoms with E-state index in [0.29, 0.717) is 6.54 Å². The summed E-state index contributed by atoms with van der Waals surface area (Å²) in [5, 5.41) is 5.84. The molecule has 2 heterocycles. The number of para-hydroxylation sites is 1. The van der Waals surface area contributed by atoms with Gasteiger partial charge >= 0.3 is 0 Å². The highest BCUT2D eigenvalue weighted by Crippen LogP contribution is 2.31. The summed E-state index contributed by atoms with van der Waals surface area (Å²) >= 11 is 0. The molecule has 3 rings (SSSR count). The van der Waals surface area contributed by atoms with Crippen LogP contribution in [-0.4, -0.2) is 42.9 Å². The van der Waals surface area contributed by atoms with E-state index in [9.17, 15) is 9.59 Å². The van der Waals surface area contributed by atoms with Gasteiger partial charge in [0.25, 0.3) is 0 Å². The molecule has 2 N–H and O–H groups in total. The third kappa shape index (κ3) is 4.10. The summed E-state index contributed by atoms with van der Waals surface area (Å²) in [6.07, 6.45) is 5.12. The molecule has 5 nitrogen and oxygen atoms in total. The van der Waals surface area contributed by atoms with Crippen molar-refractivity contribution >= 4 is 17.5 Å². The van der Waals surface area contributed by atoms with Gasteiger partial charge in [-0.3, -0.25) is 9.59 Å². The highest BCUT2D eigenvalue weighted by Gasteiger charge is 2.30. The van der Waals surface area contributed by atoms with E-state index in [1.54, 1.807) is 0 Å². The lowest BCUT2D eigenvalue weighted by Gasteiger charge is -2.27. The largest absolute Gasteiger partial charge is 0.356 e. The molecule has 2 amide bonds. The number of carbonyl (C=O) groups is 2. The molecule has 1 aromatic rings. The zero-order valence-corrected chi connectivity index (χ0v) is 13.5. The first kappa shape index (κ1) is 16.0. The Kier molecular flexibility index (Phi) is 5.28. The Morgan fingerprint density at radius 3 is 2.83 bits per heavy atom. The molecule has 1 atom stereocenters. The summed E-state index contributed by atoms with van der Waals surface area (Å²) in [6.45, 7) is 4.09. The molecule has 2 aliphatic heterocycles. The Morgan fingerprint density at radius 2 is 2.00 bits per heavy atom. The first-order valence-corrected chi connectivity index (χ1v) is 8.63. The molecule has 1 saturated heterocycles. The lowest BCUT2D eigenvalue weighted by molar-refractivity contribution is -0.126. The highest BCUT2D eigenvalue weighted by atomic mass is 16.2. The molecular weight excluding hydrogens is 290 g/mol. The van der Waals surface area contributed by atoms with Crippen LogP contribution in [0.4, 0.5) is 5.69 Å². The van der Waals surface area contributed by atoms with Gasteiger partial charge in [-0.1, -0.05) is 24.6 Å². The smallest absolute Gasteiger partial charge is 0.228 e. The maximum absolute atomic E-state index is 12.5. The first-order chi connectivity index (χ1) is 11.2. The Labute approximate surface area is 137 Å². The Morgan fingerprint density at radius 1 is 1.22 bits per heavy atom. The van der Waals surface area contributed by atoms with E-state index in [4.69, 9.17) is 0 Å². The van der Waals surface area contributed by atoms with E-state index in [2.05, 4.69) is 15.5 Å². The second-order valence-corrected chi connectivity index (χ2v) is 6.44. The van der Waals surface area contributed by atoms with Gasteiger partial charge in [0.2, 0.25) is 11.8 Å². The van der Waals surface area contributed by atoms with Crippen molar-refractivity contribution in [2.75, 3.05) is 31.5 Å². The Balaban J connectivity index is 1.49. The maximum Gasteiger partial charge on any atom is 0.228 e. The molecule has 0 spiro atoms. The molecule has 23 heavy (non-hydrogen) atoms. The summed E-state index contributed by atoms with van der Waals surface area (Å²) in [7, 11) is 0. The van der Waals surface area contributed by atoms with Crippen molar-refractivity contribution in [3.63, 3.8) is 0 Å². The fourth-order valence-corrected chi connectivity index (χ4v) is 3.47. The molecule has 5 heteroatoms. The highest BCUT2D eigenvalue weighted by molar-refractivity contribution is 6.01. The minimum absolute atomic E-state index is 0.0362. The van der Waals surface area contributed by atoms with Crippen LogP contribution in [0.15, 0.2) is 24.3 Å². The second kappa shape index (κ2) is 7.59. The average Bonchev–Trinajstić information content (AvgIpc) is 2.58. The van der Waals surface area contributed by atoms with Crippen molar-refractivity contribution in [2.24, 2.45) is 0 Å². The number of hydrogen-bond acceptors (Lipinski definition) is 3. The SMILES string of the molecule is O=C1CC(C(=O)NCCCN2CCCCC2)c2ccccc2N1. The van der Waals surface area contributed by atoms with Crippen LogP contribution in [0.5, 0.6) is 0 Å². The van der Waals surface area contributed by atoms with Crippen molar-refractivity contribution in [3.8, 4) is 0 Å². The number of nitrogens with one attached hydrogen (secondary N) is 2. The van der Waals surface area contributed by atoms with E-state index in [1.165, 1.54) is 32.4 Å². The molecule has 0 aliphatic carbocycles. The number of rotatable bonds is 5. The molecule has 2 aliphatic rings. The number of piperidine rings is 1. The van der Waals surface area contributed by atoms with Gasteiger partial charge in [-0.15, -0.1) is 0 Å². The van der Waals surface area contributed by atoms with Crippen LogP contribution in [0.3, 0.4) is 0 Å². The van der Waals surface area contributed by atoms with E-state index in [-0.39, 0.29) is 24.2 Å². The topological polar surface area (TPSA) is 61.4 Å². The summed E-state index contributed by atoms with van der Waals surface area (Å²) < 4.78 is 0. The van der Waals surface area contributed by atoms with Gasteiger partial charge in [0.15, 0.2) is 0 Å². The van der Waals surface area contributed by atoms with Crippen LogP contribution < -0.4 is 10.6 Å². The van der Waals surface area contributed by atoms with Crippen LogP contribution in [-0.2, 0) is 9.59 Å². The zero-order chi connectivity index (χ0) is 16.1. The van der Waals surface area contributed by atoms with E-state index in [0.717, 1.165) is 24.2 Å². The Bertz CT molecular complexity index is 567. The fourth-order valence-electron chi connectivity index (χ4n) is 3.47. The van der Waals surface area contributed by atoms with Crippen LogP contribution in [0, 0.1) is 0 Å². The predicted octanol–water partition coefficient (Wildman–Crippen LogP) is 2.10. The number of benzene rings is 1. The van der Waals surface area contributed by atoms with Crippen LogP contribution >= 0.6 is 0 Å². The number of carbonyl (C=O) groups excluding carboxylic acids is 2. The van der Waals surface area contributed by atoms with Gasteiger partial charge in [-0.25, -0.2) is 0 Å². The molecule has 1 unspecified atom stereocenters. The normalized spacial score (nSPS) is 21.4. The molecular formula is C18H25N3O2. The maximum atomic E-state index is 12.5. The molecule has 0 aromatic heterocycles. The number of amides is 2. The van der Waals surface area contributed by atoms with Crippen molar-refractivity contribution in [2.45, 2.75) is 38.0 Å². The minimum atomic E-state index is -0.366. The molecule has 1 fully saturated rings. The summed E-state index contributed by atoms with van der Waals surface area (Å²) in [6, 6.07) is 7.56. The first-order valence-electron chi connectivity index (χ1n) is 8.63. The minimum Gasteiger partial charge on any atom is -0.356 e. The van der Waals surface area contributed by atoms with Gasteiger partial charge in [-0.05, 0) is 50.5 Å². The quantitative estimate of drug-likeness (QED) is 0.818. The summed E-state index contributed by atoms with van der Waals surface area (Å²) in [5.74, 6) is -0.488. The lowest BCUT2D eigenvalue weighted by atomic mass is 9.90. The number of likely N-dealkylation sites (tertiary alicyclic amines) is 1. The van der Waals surface area contributed by atoms with Crippen LogP contribution in [0.2, 0.25) is 0 Å². The van der Waals surface area contributed by atoms with Gasteiger partial charge in [0.05, 0.1) is 5.92 Å². The van der Waals surface area contributed by atoms with E-state index in [1.807, 2.05) is 24.3 Å². The molecule has 0 bridgehead atoms. The summed E-state index contributed by atoms with van der Waals surface area (Å²) in [4.78, 5) is 26.7. The van der Waals surface area contributed by atoms with Crippen molar-refractivity contribution in [1.82, 2.24) is 10.2 Å². The molecule has 0 saturated carbocycles. The predicted molar refractivity (Wildman–Crippen MR) is 90.3 cm³/mol. The number of fused-ring (bicyclic) bond motifs is 1. The fraction of sp³-hybridized carbons (Fsp3) is 0.556. The second-order valence-electron chi connectivity index (χ2n) is 6.44. The van der Waals surface area contributed by atoms with Crippen molar-refractivity contribution < 1.29 is 9.59 Å².